The van der Waals surface area contributed by atoms with Crippen molar-refractivity contribution in [2.45, 2.75) is 19.3 Å². The molecule has 1 aromatic heterocycles. The maximum absolute atomic E-state index is 12.5. The number of nitrogens with zero attached hydrogens (tertiary/aromatic N) is 2. The van der Waals surface area contributed by atoms with Gasteiger partial charge in [-0.15, -0.1) is 0 Å². The van der Waals surface area contributed by atoms with Crippen molar-refractivity contribution in [3.05, 3.63) is 22.8 Å². The van der Waals surface area contributed by atoms with Crippen LogP contribution in [0.4, 0.5) is 5.82 Å². The van der Waals surface area contributed by atoms with Crippen LogP contribution in [0.1, 0.15) is 29.6 Å². The van der Waals surface area contributed by atoms with E-state index in [4.69, 9.17) is 17.4 Å². The van der Waals surface area contributed by atoms with E-state index < -0.39 is 0 Å². The highest BCUT2D eigenvalue weighted by molar-refractivity contribution is 6.29. The molecular formula is C13H17ClN4O. The fourth-order valence-electron chi connectivity index (χ4n) is 3.28. The first-order valence-corrected chi connectivity index (χ1v) is 6.98. The van der Waals surface area contributed by atoms with Crippen LogP contribution in [0.5, 0.6) is 0 Å². The molecule has 1 amide bonds. The molecule has 1 saturated carbocycles. The van der Waals surface area contributed by atoms with Crippen LogP contribution in [0.25, 0.3) is 0 Å². The van der Waals surface area contributed by atoms with E-state index in [-0.39, 0.29) is 11.1 Å². The highest BCUT2D eigenvalue weighted by Crippen LogP contribution is 2.38. The second-order valence-electron chi connectivity index (χ2n) is 5.37. The van der Waals surface area contributed by atoms with E-state index in [1.54, 1.807) is 12.1 Å². The Morgan fingerprint density at radius 3 is 2.68 bits per heavy atom. The number of anilines is 1. The van der Waals surface area contributed by atoms with Crippen molar-refractivity contribution >= 4 is 23.3 Å². The van der Waals surface area contributed by atoms with Crippen LogP contribution >= 0.6 is 11.6 Å². The van der Waals surface area contributed by atoms with Crippen LogP contribution in [-0.2, 0) is 0 Å². The van der Waals surface area contributed by atoms with Crippen molar-refractivity contribution < 1.29 is 4.79 Å². The van der Waals surface area contributed by atoms with Gasteiger partial charge in [-0.2, -0.15) is 0 Å². The quantitative estimate of drug-likeness (QED) is 0.493. The lowest BCUT2D eigenvalue weighted by molar-refractivity contribution is 0.0780. The standard InChI is InChI=1S/C13H17ClN4O/c14-11-4-10(5-12(16-11)17-15)13(19)18-6-8-2-1-3-9(8)7-18/h4-5,8-9H,1-3,6-7,15H2,(H,16,17). The first-order valence-electron chi connectivity index (χ1n) is 6.61. The molecule has 3 N–H and O–H groups in total. The average molecular weight is 281 g/mol. The third-order valence-electron chi connectivity index (χ3n) is 4.20. The zero-order valence-corrected chi connectivity index (χ0v) is 11.4. The number of fused-ring (bicyclic) bond motifs is 1. The van der Waals surface area contributed by atoms with Crippen LogP contribution in [0, 0.1) is 11.8 Å². The van der Waals surface area contributed by atoms with Gasteiger partial charge in [0.05, 0.1) is 0 Å². The van der Waals surface area contributed by atoms with Gasteiger partial charge in [-0.1, -0.05) is 18.0 Å². The molecule has 6 heteroatoms. The number of hydrogen-bond acceptors (Lipinski definition) is 4. The maximum Gasteiger partial charge on any atom is 0.254 e. The molecule has 2 heterocycles. The molecule has 1 aliphatic carbocycles. The van der Waals surface area contributed by atoms with Gasteiger partial charge in [0.2, 0.25) is 0 Å². The molecule has 0 spiro atoms. The molecule has 19 heavy (non-hydrogen) atoms. The largest absolute Gasteiger partial charge is 0.338 e. The summed E-state index contributed by atoms with van der Waals surface area (Å²) in [5.41, 5.74) is 2.98. The Morgan fingerprint density at radius 1 is 1.37 bits per heavy atom. The first kappa shape index (κ1) is 12.7. The number of nitrogen functional groups attached to an aromatic ring is 1. The van der Waals surface area contributed by atoms with Crippen molar-refractivity contribution in [2.24, 2.45) is 17.7 Å². The summed E-state index contributed by atoms with van der Waals surface area (Å²) in [6, 6.07) is 3.24. The number of pyridine rings is 1. The van der Waals surface area contributed by atoms with Gasteiger partial charge in [-0.05, 0) is 36.8 Å². The molecule has 0 bridgehead atoms. The minimum atomic E-state index is 0.0233. The van der Waals surface area contributed by atoms with E-state index in [1.165, 1.54) is 19.3 Å². The number of carbonyl (C=O) groups excluding carboxylic acids is 1. The van der Waals surface area contributed by atoms with Gasteiger partial charge < -0.3 is 10.3 Å². The van der Waals surface area contributed by atoms with Crippen molar-refractivity contribution in [1.29, 1.82) is 0 Å². The maximum atomic E-state index is 12.5. The molecule has 1 aliphatic heterocycles. The summed E-state index contributed by atoms with van der Waals surface area (Å²) in [4.78, 5) is 18.4. The highest BCUT2D eigenvalue weighted by atomic mass is 35.5. The predicted molar refractivity (Wildman–Crippen MR) is 73.8 cm³/mol. The number of hydrazine groups is 1. The van der Waals surface area contributed by atoms with Crippen molar-refractivity contribution in [3.8, 4) is 0 Å². The fourth-order valence-corrected chi connectivity index (χ4v) is 3.49. The van der Waals surface area contributed by atoms with Crippen LogP contribution in [-0.4, -0.2) is 28.9 Å². The second-order valence-corrected chi connectivity index (χ2v) is 5.76. The molecule has 3 rings (SSSR count). The van der Waals surface area contributed by atoms with Crippen LogP contribution in [0.2, 0.25) is 5.15 Å². The van der Waals surface area contributed by atoms with Gasteiger partial charge in [0.1, 0.15) is 11.0 Å². The number of halogens is 1. The normalized spacial score (nSPS) is 25.5. The first-order chi connectivity index (χ1) is 9.17. The summed E-state index contributed by atoms with van der Waals surface area (Å²) in [6.07, 6.45) is 3.81. The summed E-state index contributed by atoms with van der Waals surface area (Å²) in [6.45, 7) is 1.74. The number of aromatic nitrogens is 1. The molecule has 2 unspecified atom stereocenters. The Kier molecular flexibility index (Phi) is 3.33. The van der Waals surface area contributed by atoms with E-state index in [9.17, 15) is 4.79 Å². The summed E-state index contributed by atoms with van der Waals surface area (Å²) in [5, 5.41) is 0.276. The van der Waals surface area contributed by atoms with Crippen molar-refractivity contribution in [2.75, 3.05) is 18.5 Å². The van der Waals surface area contributed by atoms with Crippen molar-refractivity contribution in [1.82, 2.24) is 9.88 Å². The number of carbonyl (C=O) groups is 1. The lowest BCUT2D eigenvalue weighted by atomic mass is 10.0. The zero-order valence-electron chi connectivity index (χ0n) is 10.6. The van der Waals surface area contributed by atoms with Gasteiger partial charge in [0, 0.05) is 18.7 Å². The van der Waals surface area contributed by atoms with E-state index in [0.717, 1.165) is 13.1 Å². The highest BCUT2D eigenvalue weighted by Gasteiger charge is 2.38. The molecule has 102 valence electrons. The Balaban J connectivity index is 1.79. The average Bonchev–Trinajstić information content (AvgIpc) is 2.97. The number of nitrogens with two attached hydrogens (primary N) is 1. The molecular weight excluding hydrogens is 264 g/mol. The predicted octanol–water partition coefficient (Wildman–Crippen LogP) is 1.89. The van der Waals surface area contributed by atoms with Gasteiger partial charge in [0.15, 0.2) is 0 Å². The number of likely N-dealkylation sites (tertiary alicyclic amines) is 1. The third-order valence-corrected chi connectivity index (χ3v) is 4.40. The number of hydrogen-bond donors (Lipinski definition) is 2. The monoisotopic (exact) mass is 280 g/mol. The fraction of sp³-hybridized carbons (Fsp3) is 0.538. The van der Waals surface area contributed by atoms with E-state index in [1.807, 2.05) is 4.90 Å². The molecule has 1 saturated heterocycles. The number of amides is 1. The topological polar surface area (TPSA) is 71.2 Å². The Morgan fingerprint density at radius 2 is 2.05 bits per heavy atom. The van der Waals surface area contributed by atoms with Gasteiger partial charge >= 0.3 is 0 Å². The molecule has 0 aromatic carbocycles. The second kappa shape index (κ2) is 4.98. The van der Waals surface area contributed by atoms with Gasteiger partial charge in [-0.3, -0.25) is 4.79 Å². The summed E-state index contributed by atoms with van der Waals surface area (Å²) < 4.78 is 0. The molecule has 2 aliphatic rings. The number of rotatable bonds is 2. The SMILES string of the molecule is NNc1cc(C(=O)N2CC3CCCC3C2)cc(Cl)n1. The van der Waals surface area contributed by atoms with Crippen molar-refractivity contribution in [3.63, 3.8) is 0 Å². The minimum Gasteiger partial charge on any atom is -0.338 e. The molecule has 0 radical (unpaired) electrons. The van der Waals surface area contributed by atoms with Gasteiger partial charge in [-0.25, -0.2) is 10.8 Å². The smallest absolute Gasteiger partial charge is 0.254 e. The molecule has 2 fully saturated rings. The summed E-state index contributed by atoms with van der Waals surface area (Å²) in [5.74, 6) is 7.13. The Labute approximate surface area is 117 Å². The van der Waals surface area contributed by atoms with E-state index in [0.29, 0.717) is 23.2 Å². The summed E-state index contributed by atoms with van der Waals surface area (Å²) in [7, 11) is 0. The summed E-state index contributed by atoms with van der Waals surface area (Å²) >= 11 is 5.90. The van der Waals surface area contributed by atoms with Crippen LogP contribution in [0.3, 0.4) is 0 Å². The molecule has 5 nitrogen and oxygen atoms in total. The molecule has 1 aromatic rings. The number of nitrogens with one attached hydrogen (secondary N) is 1. The third kappa shape index (κ3) is 2.40. The van der Waals surface area contributed by atoms with Crippen LogP contribution in [0.15, 0.2) is 12.1 Å². The van der Waals surface area contributed by atoms with Crippen LogP contribution < -0.4 is 11.3 Å². The van der Waals surface area contributed by atoms with E-state index >= 15 is 0 Å². The lowest BCUT2D eigenvalue weighted by Gasteiger charge is -2.17. The Hall–Kier alpha value is -1.33. The molecule has 2 atom stereocenters. The van der Waals surface area contributed by atoms with Gasteiger partial charge in [0.25, 0.3) is 5.91 Å². The van der Waals surface area contributed by atoms with E-state index in [2.05, 4.69) is 10.4 Å². The Bertz CT molecular complexity index is 495. The lowest BCUT2D eigenvalue weighted by Crippen LogP contribution is -2.29. The zero-order chi connectivity index (χ0) is 13.4. The minimum absolute atomic E-state index is 0.0233.